The molecule has 1 nitrogen and oxygen atoms in total. The van der Waals surface area contributed by atoms with Crippen LogP contribution >= 0.6 is 0 Å². The molecule has 0 amide bonds. The van der Waals surface area contributed by atoms with Gasteiger partial charge in [0.1, 0.15) is 11.6 Å². The van der Waals surface area contributed by atoms with Crippen LogP contribution in [-0.4, -0.2) is 13.1 Å². The first-order valence-corrected chi connectivity index (χ1v) is 6.37. The molecule has 18 heavy (non-hydrogen) atoms. The molecule has 0 fully saturated rings. The van der Waals surface area contributed by atoms with Gasteiger partial charge in [-0.1, -0.05) is 32.4 Å². The highest BCUT2D eigenvalue weighted by Crippen LogP contribution is 2.13. The quantitative estimate of drug-likeness (QED) is 0.808. The number of nitrogens with one attached hydrogen (secondary N) is 1. The normalized spacial score (nSPS) is 12.2. The average molecular weight is 253 g/mol. The summed E-state index contributed by atoms with van der Waals surface area (Å²) in [5.41, 5.74) is 1.72. The van der Waals surface area contributed by atoms with Gasteiger partial charge in [0, 0.05) is 12.6 Å². The van der Waals surface area contributed by atoms with Gasteiger partial charge < -0.3 is 5.32 Å². The van der Waals surface area contributed by atoms with Gasteiger partial charge in [0.05, 0.1) is 0 Å². The zero-order valence-corrected chi connectivity index (χ0v) is 11.3. The molecule has 1 rings (SSSR count). The van der Waals surface area contributed by atoms with Gasteiger partial charge in [0.15, 0.2) is 0 Å². The van der Waals surface area contributed by atoms with Gasteiger partial charge in [-0.05, 0) is 36.6 Å². The van der Waals surface area contributed by atoms with Crippen molar-refractivity contribution in [3.05, 3.63) is 41.0 Å². The van der Waals surface area contributed by atoms with Crippen LogP contribution in [0.2, 0.25) is 0 Å². The minimum Gasteiger partial charge on any atom is -0.313 e. The maximum Gasteiger partial charge on any atom is 0.126 e. The molecule has 1 aromatic rings. The fourth-order valence-electron chi connectivity index (χ4n) is 1.69. The Bertz CT molecular complexity index is 391. The van der Waals surface area contributed by atoms with Crippen LogP contribution in [0.25, 0.3) is 6.08 Å². The van der Waals surface area contributed by atoms with Crippen molar-refractivity contribution >= 4 is 6.08 Å². The third-order valence-corrected chi connectivity index (χ3v) is 2.61. The summed E-state index contributed by atoms with van der Waals surface area (Å²) in [5, 5.41) is 3.33. The Morgan fingerprint density at radius 3 is 2.33 bits per heavy atom. The van der Waals surface area contributed by atoms with Crippen LogP contribution < -0.4 is 5.32 Å². The molecule has 100 valence electrons. The SMILES string of the molecule is CC/C(=C/c1cc(F)cc(F)c1)CNCC(C)C. The Hall–Kier alpha value is -1.22. The van der Waals surface area contributed by atoms with Crippen molar-refractivity contribution in [3.8, 4) is 0 Å². The highest BCUT2D eigenvalue weighted by atomic mass is 19.1. The molecule has 1 aromatic carbocycles. The van der Waals surface area contributed by atoms with Crippen molar-refractivity contribution in [2.45, 2.75) is 27.2 Å². The lowest BCUT2D eigenvalue weighted by Crippen LogP contribution is -2.21. The molecule has 0 unspecified atom stereocenters. The van der Waals surface area contributed by atoms with E-state index < -0.39 is 11.6 Å². The van der Waals surface area contributed by atoms with Crippen LogP contribution in [0.3, 0.4) is 0 Å². The zero-order chi connectivity index (χ0) is 13.5. The van der Waals surface area contributed by atoms with Gasteiger partial charge in [-0.3, -0.25) is 0 Å². The van der Waals surface area contributed by atoms with Gasteiger partial charge in [-0.15, -0.1) is 0 Å². The average Bonchev–Trinajstić information content (AvgIpc) is 2.25. The number of hydrogen-bond donors (Lipinski definition) is 1. The van der Waals surface area contributed by atoms with Crippen molar-refractivity contribution in [2.75, 3.05) is 13.1 Å². The molecule has 1 N–H and O–H groups in total. The summed E-state index contributed by atoms with van der Waals surface area (Å²) < 4.78 is 26.1. The third kappa shape index (κ3) is 5.41. The highest BCUT2D eigenvalue weighted by molar-refractivity contribution is 5.53. The second-order valence-electron chi connectivity index (χ2n) is 4.88. The summed E-state index contributed by atoms with van der Waals surface area (Å²) in [7, 11) is 0. The minimum atomic E-state index is -0.535. The highest BCUT2D eigenvalue weighted by Gasteiger charge is 2.01. The fourth-order valence-corrected chi connectivity index (χ4v) is 1.69. The molecule has 3 heteroatoms. The zero-order valence-electron chi connectivity index (χ0n) is 11.3. The Kier molecular flexibility index (Phi) is 5.99. The Balaban J connectivity index is 2.70. The molecule has 0 aliphatic heterocycles. The van der Waals surface area contributed by atoms with E-state index >= 15 is 0 Å². The van der Waals surface area contributed by atoms with Crippen molar-refractivity contribution in [1.82, 2.24) is 5.32 Å². The van der Waals surface area contributed by atoms with E-state index in [1.165, 1.54) is 12.1 Å². The van der Waals surface area contributed by atoms with E-state index in [2.05, 4.69) is 19.2 Å². The first-order valence-electron chi connectivity index (χ1n) is 6.37. The summed E-state index contributed by atoms with van der Waals surface area (Å²) in [5.74, 6) is -0.478. The van der Waals surface area contributed by atoms with Crippen LogP contribution in [0.5, 0.6) is 0 Å². The van der Waals surface area contributed by atoms with Gasteiger partial charge in [-0.25, -0.2) is 8.78 Å². The van der Waals surface area contributed by atoms with E-state index in [9.17, 15) is 8.78 Å². The lowest BCUT2D eigenvalue weighted by atomic mass is 10.1. The fraction of sp³-hybridized carbons (Fsp3) is 0.467. The van der Waals surface area contributed by atoms with Crippen molar-refractivity contribution in [3.63, 3.8) is 0 Å². The predicted molar refractivity (Wildman–Crippen MR) is 72.3 cm³/mol. The van der Waals surface area contributed by atoms with Crippen molar-refractivity contribution in [2.24, 2.45) is 5.92 Å². The van der Waals surface area contributed by atoms with E-state index in [0.717, 1.165) is 31.1 Å². The minimum absolute atomic E-state index is 0.535. The number of benzene rings is 1. The Morgan fingerprint density at radius 2 is 1.83 bits per heavy atom. The summed E-state index contributed by atoms with van der Waals surface area (Å²) in [6.45, 7) is 8.02. The van der Waals surface area contributed by atoms with Gasteiger partial charge >= 0.3 is 0 Å². The van der Waals surface area contributed by atoms with Crippen molar-refractivity contribution in [1.29, 1.82) is 0 Å². The second-order valence-corrected chi connectivity index (χ2v) is 4.88. The van der Waals surface area contributed by atoms with Gasteiger partial charge in [0.2, 0.25) is 0 Å². The lowest BCUT2D eigenvalue weighted by Gasteiger charge is -2.09. The first kappa shape index (κ1) is 14.8. The smallest absolute Gasteiger partial charge is 0.126 e. The molecule has 0 saturated carbocycles. The first-order chi connectivity index (χ1) is 8.51. The van der Waals surface area contributed by atoms with Crippen LogP contribution in [0.1, 0.15) is 32.8 Å². The summed E-state index contributed by atoms with van der Waals surface area (Å²) in [6.07, 6.45) is 2.71. The summed E-state index contributed by atoms with van der Waals surface area (Å²) >= 11 is 0. The van der Waals surface area contributed by atoms with Crippen molar-refractivity contribution < 1.29 is 8.78 Å². The molecule has 0 aromatic heterocycles. The molecular weight excluding hydrogens is 232 g/mol. The van der Waals surface area contributed by atoms with Crippen LogP contribution in [0.15, 0.2) is 23.8 Å². The lowest BCUT2D eigenvalue weighted by molar-refractivity contribution is 0.569. The molecule has 0 saturated heterocycles. The molecule has 0 spiro atoms. The van der Waals surface area contributed by atoms with Crippen LogP contribution in [0, 0.1) is 17.6 Å². The van der Waals surface area contributed by atoms with E-state index in [0.29, 0.717) is 11.5 Å². The number of halogens is 2. The largest absolute Gasteiger partial charge is 0.313 e. The second kappa shape index (κ2) is 7.27. The Labute approximate surface area is 108 Å². The number of rotatable bonds is 6. The van der Waals surface area contributed by atoms with Gasteiger partial charge in [-0.2, -0.15) is 0 Å². The standard InChI is InChI=1S/C15H21F2N/c1-4-12(10-18-9-11(2)3)5-13-6-14(16)8-15(17)7-13/h5-8,11,18H,4,9-10H2,1-3H3/b12-5-. The molecule has 0 bridgehead atoms. The molecule has 0 aliphatic carbocycles. The van der Waals surface area contributed by atoms with E-state index in [1.807, 2.05) is 13.0 Å². The molecule has 0 radical (unpaired) electrons. The molecule has 0 atom stereocenters. The third-order valence-electron chi connectivity index (χ3n) is 2.61. The topological polar surface area (TPSA) is 12.0 Å². The van der Waals surface area contributed by atoms with E-state index in [-0.39, 0.29) is 0 Å². The number of hydrogen-bond acceptors (Lipinski definition) is 1. The summed E-state index contributed by atoms with van der Waals surface area (Å²) in [6, 6.07) is 3.59. The van der Waals surface area contributed by atoms with Gasteiger partial charge in [0.25, 0.3) is 0 Å². The maximum absolute atomic E-state index is 13.1. The maximum atomic E-state index is 13.1. The molecular formula is C15H21F2N. The monoisotopic (exact) mass is 253 g/mol. The van der Waals surface area contributed by atoms with E-state index in [1.54, 1.807) is 0 Å². The Morgan fingerprint density at radius 1 is 1.22 bits per heavy atom. The molecule has 0 heterocycles. The summed E-state index contributed by atoms with van der Waals surface area (Å²) in [4.78, 5) is 0. The van der Waals surface area contributed by atoms with Crippen LogP contribution in [-0.2, 0) is 0 Å². The van der Waals surface area contributed by atoms with Crippen LogP contribution in [0.4, 0.5) is 8.78 Å². The van der Waals surface area contributed by atoms with E-state index in [4.69, 9.17) is 0 Å². The predicted octanol–water partition coefficient (Wildman–Crippen LogP) is 4.00. The molecule has 0 aliphatic rings.